The molecule has 0 aliphatic heterocycles. The van der Waals surface area contributed by atoms with Crippen LogP contribution in [0.5, 0.6) is 0 Å². The van der Waals surface area contributed by atoms with Gasteiger partial charge in [0.25, 0.3) is 0 Å². The molecule has 13 heavy (non-hydrogen) atoms. The molecule has 0 N–H and O–H groups in total. The lowest BCUT2D eigenvalue weighted by molar-refractivity contribution is 0.257. The van der Waals surface area contributed by atoms with Crippen molar-refractivity contribution in [2.45, 2.75) is 0 Å². The highest BCUT2D eigenvalue weighted by Gasteiger charge is 1.88. The highest BCUT2D eigenvalue weighted by atomic mass is 16.5. The summed E-state index contributed by atoms with van der Waals surface area (Å²) in [6.45, 7) is 7.05. The molecule has 0 radical (unpaired) electrons. The van der Waals surface area contributed by atoms with E-state index in [4.69, 9.17) is 14.2 Å². The Morgan fingerprint density at radius 2 is 1.31 bits per heavy atom. The van der Waals surface area contributed by atoms with Gasteiger partial charge in [0.15, 0.2) is 11.5 Å². The van der Waals surface area contributed by atoms with Crippen molar-refractivity contribution < 1.29 is 14.2 Å². The number of allylic oxidation sites excluding steroid dienone is 2. The third-order valence-electron chi connectivity index (χ3n) is 1.24. The van der Waals surface area contributed by atoms with Crippen LogP contribution in [-0.2, 0) is 14.2 Å². The van der Waals surface area contributed by atoms with Crippen LogP contribution in [0.25, 0.3) is 0 Å². The lowest BCUT2D eigenvalue weighted by atomic mass is 10.5. The van der Waals surface area contributed by atoms with E-state index in [9.17, 15) is 0 Å². The van der Waals surface area contributed by atoms with E-state index in [1.807, 2.05) is 0 Å². The molecule has 0 unspecified atom stereocenters. The average Bonchev–Trinajstić information content (AvgIpc) is 2.19. The Labute approximate surface area is 78.6 Å². The molecule has 0 aromatic rings. The fraction of sp³-hybridized carbons (Fsp3) is 0.200. The van der Waals surface area contributed by atoms with Gasteiger partial charge in [-0.15, -0.1) is 0 Å². The Morgan fingerprint density at radius 1 is 0.923 bits per heavy atom. The second-order valence-corrected chi connectivity index (χ2v) is 1.99. The number of hydrogen-bond acceptors (Lipinski definition) is 3. The van der Waals surface area contributed by atoms with E-state index in [0.717, 1.165) is 0 Å². The van der Waals surface area contributed by atoms with Gasteiger partial charge in [-0.1, -0.05) is 13.2 Å². The van der Waals surface area contributed by atoms with Gasteiger partial charge in [0.2, 0.25) is 0 Å². The molecule has 0 rings (SSSR count). The Balaban J connectivity index is 4.14. The van der Waals surface area contributed by atoms with Crippen LogP contribution in [0.1, 0.15) is 0 Å². The smallest absolute Gasteiger partial charge is 0.153 e. The first-order valence-electron chi connectivity index (χ1n) is 3.67. The zero-order valence-electron chi connectivity index (χ0n) is 7.95. The van der Waals surface area contributed by atoms with Crippen LogP contribution in [0.3, 0.4) is 0 Å². The summed E-state index contributed by atoms with van der Waals surface area (Å²) in [6.07, 6.45) is 5.90. The molecule has 0 amide bonds. The van der Waals surface area contributed by atoms with E-state index in [1.54, 1.807) is 0 Å². The largest absolute Gasteiger partial charge is 0.494 e. The highest BCUT2D eigenvalue weighted by Crippen LogP contribution is 2.00. The molecule has 0 fully saturated rings. The molecular formula is C10H14O3. The third-order valence-corrected chi connectivity index (χ3v) is 1.24. The first kappa shape index (κ1) is 11.4. The Kier molecular flexibility index (Phi) is 6.15. The van der Waals surface area contributed by atoms with Gasteiger partial charge >= 0.3 is 0 Å². The standard InChI is InChI=1S/C10H14O3/c1-5-9(11-3)7-13-8-10(6-2)12-4/h5-8H,1-2H2,3-4H3. The van der Waals surface area contributed by atoms with Crippen molar-refractivity contribution >= 4 is 0 Å². The van der Waals surface area contributed by atoms with Crippen LogP contribution in [0.4, 0.5) is 0 Å². The van der Waals surface area contributed by atoms with Crippen molar-refractivity contribution in [3.8, 4) is 0 Å². The maximum Gasteiger partial charge on any atom is 0.153 e. The number of rotatable bonds is 6. The van der Waals surface area contributed by atoms with Crippen molar-refractivity contribution in [3.63, 3.8) is 0 Å². The van der Waals surface area contributed by atoms with Gasteiger partial charge in [0.1, 0.15) is 12.5 Å². The average molecular weight is 182 g/mol. The summed E-state index contributed by atoms with van der Waals surface area (Å²) in [5.41, 5.74) is 0. The fourth-order valence-corrected chi connectivity index (χ4v) is 0.527. The molecule has 0 saturated carbocycles. The molecule has 3 nitrogen and oxygen atoms in total. The summed E-state index contributed by atoms with van der Waals surface area (Å²) >= 11 is 0. The van der Waals surface area contributed by atoms with Gasteiger partial charge in [-0.25, -0.2) is 0 Å². The fourth-order valence-electron chi connectivity index (χ4n) is 0.527. The van der Waals surface area contributed by atoms with Crippen molar-refractivity contribution in [3.05, 3.63) is 49.4 Å². The monoisotopic (exact) mass is 182 g/mol. The molecule has 0 atom stereocenters. The van der Waals surface area contributed by atoms with E-state index in [2.05, 4.69) is 13.2 Å². The van der Waals surface area contributed by atoms with Crippen LogP contribution >= 0.6 is 0 Å². The van der Waals surface area contributed by atoms with E-state index >= 15 is 0 Å². The molecule has 0 saturated heterocycles. The molecule has 0 bridgehead atoms. The van der Waals surface area contributed by atoms with Gasteiger partial charge in [0.05, 0.1) is 14.2 Å². The van der Waals surface area contributed by atoms with Gasteiger partial charge in [-0.05, 0) is 12.2 Å². The quantitative estimate of drug-likeness (QED) is 0.466. The molecule has 0 aromatic heterocycles. The van der Waals surface area contributed by atoms with Gasteiger partial charge in [-0.2, -0.15) is 0 Å². The van der Waals surface area contributed by atoms with Crippen LogP contribution < -0.4 is 0 Å². The normalized spacial score (nSPS) is 11.8. The summed E-state index contributed by atoms with van der Waals surface area (Å²) in [4.78, 5) is 0. The number of ether oxygens (including phenoxy) is 3. The first-order valence-corrected chi connectivity index (χ1v) is 3.67. The highest BCUT2D eigenvalue weighted by molar-refractivity contribution is 5.08. The van der Waals surface area contributed by atoms with Gasteiger partial charge in [0, 0.05) is 0 Å². The third kappa shape index (κ3) is 4.74. The number of methoxy groups -OCH3 is 2. The topological polar surface area (TPSA) is 27.7 Å². The molecule has 0 aliphatic rings. The molecule has 0 heterocycles. The second-order valence-electron chi connectivity index (χ2n) is 1.99. The Bertz CT molecular complexity index is 202. The minimum Gasteiger partial charge on any atom is -0.494 e. The van der Waals surface area contributed by atoms with E-state index in [1.165, 1.54) is 38.9 Å². The van der Waals surface area contributed by atoms with E-state index in [0.29, 0.717) is 11.5 Å². The second kappa shape index (κ2) is 7.03. The van der Waals surface area contributed by atoms with Crippen molar-refractivity contribution in [1.29, 1.82) is 0 Å². The van der Waals surface area contributed by atoms with Gasteiger partial charge in [-0.3, -0.25) is 0 Å². The first-order chi connectivity index (χ1) is 6.28. The summed E-state index contributed by atoms with van der Waals surface area (Å²) in [5, 5.41) is 0. The van der Waals surface area contributed by atoms with Gasteiger partial charge < -0.3 is 14.2 Å². The van der Waals surface area contributed by atoms with Crippen molar-refractivity contribution in [2.75, 3.05) is 14.2 Å². The van der Waals surface area contributed by atoms with Crippen LogP contribution in [-0.4, -0.2) is 14.2 Å². The minimum atomic E-state index is 0.538. The maximum atomic E-state index is 5.00. The predicted molar refractivity (Wildman–Crippen MR) is 51.7 cm³/mol. The zero-order chi connectivity index (χ0) is 10.1. The molecule has 0 aromatic carbocycles. The summed E-state index contributed by atoms with van der Waals surface area (Å²) < 4.78 is 14.7. The number of hydrogen-bond donors (Lipinski definition) is 0. The van der Waals surface area contributed by atoms with Crippen molar-refractivity contribution in [2.24, 2.45) is 0 Å². The molecular weight excluding hydrogens is 168 g/mol. The molecule has 0 aliphatic carbocycles. The predicted octanol–water partition coefficient (Wildman–Crippen LogP) is 2.35. The van der Waals surface area contributed by atoms with Crippen LogP contribution in [0.15, 0.2) is 49.4 Å². The molecule has 3 heteroatoms. The van der Waals surface area contributed by atoms with E-state index < -0.39 is 0 Å². The maximum absolute atomic E-state index is 5.00. The van der Waals surface area contributed by atoms with E-state index in [-0.39, 0.29) is 0 Å². The summed E-state index contributed by atoms with van der Waals surface area (Å²) in [5.74, 6) is 1.08. The molecule has 0 spiro atoms. The zero-order valence-corrected chi connectivity index (χ0v) is 7.95. The molecule has 72 valence electrons. The van der Waals surface area contributed by atoms with Crippen molar-refractivity contribution in [1.82, 2.24) is 0 Å². The lowest BCUT2D eigenvalue weighted by Gasteiger charge is -2.00. The lowest BCUT2D eigenvalue weighted by Crippen LogP contribution is -1.84. The summed E-state index contributed by atoms with van der Waals surface area (Å²) in [7, 11) is 3.07. The van der Waals surface area contributed by atoms with Crippen LogP contribution in [0.2, 0.25) is 0 Å². The van der Waals surface area contributed by atoms with Crippen LogP contribution in [0, 0.1) is 0 Å². The Morgan fingerprint density at radius 3 is 1.54 bits per heavy atom. The SMILES string of the molecule is C=CC(=COC=C(C=C)OC)OC. The summed E-state index contributed by atoms with van der Waals surface area (Å²) in [6, 6.07) is 0. The minimum absolute atomic E-state index is 0.538. The Hall–Kier alpha value is -1.64.